The van der Waals surface area contributed by atoms with Gasteiger partial charge in [0, 0.05) is 65.0 Å². The van der Waals surface area contributed by atoms with E-state index in [-0.39, 0.29) is 5.91 Å². The third kappa shape index (κ3) is 5.20. The molecule has 5 rings (SSSR count). The number of halogens is 1. The number of carbonyl (C=O) groups excluding carboxylic acids is 1. The Balaban J connectivity index is 1.06. The quantitative estimate of drug-likeness (QED) is 0.392. The number of anilines is 2. The van der Waals surface area contributed by atoms with E-state index in [9.17, 15) is 4.79 Å². The summed E-state index contributed by atoms with van der Waals surface area (Å²) in [4.78, 5) is 18.2. The molecule has 7 heteroatoms. The van der Waals surface area contributed by atoms with Gasteiger partial charge in [0.1, 0.15) is 5.75 Å². The summed E-state index contributed by atoms with van der Waals surface area (Å²) in [5.74, 6) is 0.889. The molecule has 1 N–H and O–H groups in total. The van der Waals surface area contributed by atoms with Crippen molar-refractivity contribution >= 4 is 54.6 Å². The van der Waals surface area contributed by atoms with Crippen LogP contribution in [0.5, 0.6) is 5.75 Å². The molecular weight excluding hydrogens is 498 g/mol. The average molecular weight is 529 g/mol. The Morgan fingerprint density at radius 1 is 1.09 bits per heavy atom. The number of piperazine rings is 1. The summed E-state index contributed by atoms with van der Waals surface area (Å²) in [6.07, 6.45) is 3.48. The van der Waals surface area contributed by atoms with Gasteiger partial charge in [0.25, 0.3) is 0 Å². The van der Waals surface area contributed by atoms with Gasteiger partial charge >= 0.3 is 0 Å². The van der Waals surface area contributed by atoms with E-state index in [1.54, 1.807) is 0 Å². The van der Waals surface area contributed by atoms with Crippen molar-refractivity contribution in [1.82, 2.24) is 4.90 Å². The highest BCUT2D eigenvalue weighted by Crippen LogP contribution is 2.35. The van der Waals surface area contributed by atoms with Crippen LogP contribution in [0.1, 0.15) is 29.7 Å². The SMILES string of the molecule is Cc1cc2c(N3CCN(CCCCOc4cc5c(cc4Br)CCC(=O)N5)CC3)cccc2s1. The highest BCUT2D eigenvalue weighted by Gasteiger charge is 2.19. The number of rotatable bonds is 7. The number of ether oxygens (including phenoxy) is 1. The summed E-state index contributed by atoms with van der Waals surface area (Å²) >= 11 is 5.50. The molecule has 1 aromatic heterocycles. The molecule has 33 heavy (non-hydrogen) atoms. The first-order valence-electron chi connectivity index (χ1n) is 11.8. The van der Waals surface area contributed by atoms with Gasteiger partial charge in [0.15, 0.2) is 0 Å². The van der Waals surface area contributed by atoms with E-state index in [1.165, 1.54) is 26.2 Å². The fourth-order valence-corrected chi connectivity index (χ4v) is 6.22. The Morgan fingerprint density at radius 2 is 1.94 bits per heavy atom. The molecule has 2 aliphatic heterocycles. The summed E-state index contributed by atoms with van der Waals surface area (Å²) < 4.78 is 8.37. The second-order valence-corrected chi connectivity index (χ2v) is 11.1. The zero-order valence-corrected chi connectivity index (χ0v) is 21.4. The van der Waals surface area contributed by atoms with Crippen LogP contribution in [0.15, 0.2) is 40.9 Å². The van der Waals surface area contributed by atoms with Crippen molar-refractivity contribution in [2.24, 2.45) is 0 Å². The van der Waals surface area contributed by atoms with Crippen LogP contribution in [-0.4, -0.2) is 50.1 Å². The second kappa shape index (κ2) is 10.0. The molecule has 0 spiro atoms. The molecule has 5 nitrogen and oxygen atoms in total. The Bertz CT molecular complexity index is 1150. The largest absolute Gasteiger partial charge is 0.492 e. The summed E-state index contributed by atoms with van der Waals surface area (Å²) in [6.45, 7) is 8.37. The zero-order valence-electron chi connectivity index (χ0n) is 19.0. The van der Waals surface area contributed by atoms with Gasteiger partial charge in [-0.25, -0.2) is 0 Å². The third-order valence-corrected chi connectivity index (χ3v) is 8.19. The normalized spacial score (nSPS) is 16.7. The monoisotopic (exact) mass is 527 g/mol. The lowest BCUT2D eigenvalue weighted by Gasteiger charge is -2.36. The van der Waals surface area contributed by atoms with E-state index in [4.69, 9.17) is 4.74 Å². The summed E-state index contributed by atoms with van der Waals surface area (Å²) in [5, 5.41) is 4.35. The minimum absolute atomic E-state index is 0.0815. The number of nitrogens with one attached hydrogen (secondary N) is 1. The van der Waals surface area contributed by atoms with Crippen molar-refractivity contribution < 1.29 is 9.53 Å². The fraction of sp³-hybridized carbons (Fsp3) is 0.423. The van der Waals surface area contributed by atoms with Gasteiger partial charge in [-0.2, -0.15) is 0 Å². The van der Waals surface area contributed by atoms with Gasteiger partial charge in [-0.3, -0.25) is 9.69 Å². The van der Waals surface area contributed by atoms with Gasteiger partial charge in [-0.05, 0) is 78.5 Å². The van der Waals surface area contributed by atoms with Gasteiger partial charge < -0.3 is 15.0 Å². The minimum atomic E-state index is 0.0815. The molecule has 2 aliphatic rings. The first kappa shape index (κ1) is 22.7. The van der Waals surface area contributed by atoms with Crippen molar-refractivity contribution in [3.8, 4) is 5.75 Å². The van der Waals surface area contributed by atoms with Gasteiger partial charge in [-0.1, -0.05) is 6.07 Å². The van der Waals surface area contributed by atoms with Crippen molar-refractivity contribution in [1.29, 1.82) is 0 Å². The van der Waals surface area contributed by atoms with Crippen LogP contribution in [0.4, 0.5) is 11.4 Å². The Labute approximate surface area is 207 Å². The van der Waals surface area contributed by atoms with E-state index in [0.717, 1.165) is 67.9 Å². The number of carbonyl (C=O) groups is 1. The van der Waals surface area contributed by atoms with E-state index in [0.29, 0.717) is 13.0 Å². The summed E-state index contributed by atoms with van der Waals surface area (Å²) in [6, 6.07) is 13.0. The maximum absolute atomic E-state index is 11.7. The second-order valence-electron chi connectivity index (χ2n) is 8.92. The summed E-state index contributed by atoms with van der Waals surface area (Å²) in [7, 11) is 0. The molecule has 174 valence electrons. The smallest absolute Gasteiger partial charge is 0.224 e. The highest BCUT2D eigenvalue weighted by molar-refractivity contribution is 9.10. The molecule has 0 atom stereocenters. The molecule has 1 amide bonds. The Morgan fingerprint density at radius 3 is 2.79 bits per heavy atom. The standard InChI is InChI=1S/C26H30BrN3O2S/c1-18-15-20-23(5-4-6-25(20)33-18)30-12-10-29(11-13-30)9-2-3-14-32-24-17-22-19(16-21(24)27)7-8-26(31)28-22/h4-6,15-17H,2-3,7-14H2,1H3,(H,28,31). The van der Waals surface area contributed by atoms with E-state index >= 15 is 0 Å². The number of benzene rings is 2. The lowest BCUT2D eigenvalue weighted by molar-refractivity contribution is -0.116. The molecule has 0 radical (unpaired) electrons. The van der Waals surface area contributed by atoms with Crippen molar-refractivity contribution in [3.63, 3.8) is 0 Å². The third-order valence-electron chi connectivity index (χ3n) is 6.55. The maximum atomic E-state index is 11.7. The topological polar surface area (TPSA) is 44.8 Å². The summed E-state index contributed by atoms with van der Waals surface area (Å²) in [5.41, 5.74) is 3.44. The number of thiophene rings is 1. The predicted octanol–water partition coefficient (Wildman–Crippen LogP) is 5.84. The first-order valence-corrected chi connectivity index (χ1v) is 13.4. The molecule has 2 aromatic carbocycles. The van der Waals surface area contributed by atoms with Crippen molar-refractivity contribution in [3.05, 3.63) is 51.3 Å². The number of hydrogen-bond donors (Lipinski definition) is 1. The average Bonchev–Trinajstić information content (AvgIpc) is 3.20. The van der Waals surface area contributed by atoms with Crippen LogP contribution in [0.2, 0.25) is 0 Å². The number of unbranched alkanes of at least 4 members (excludes halogenated alkanes) is 1. The molecule has 0 bridgehead atoms. The molecule has 3 heterocycles. The van der Waals surface area contributed by atoms with Crippen LogP contribution in [0.3, 0.4) is 0 Å². The van der Waals surface area contributed by atoms with Gasteiger partial charge in [-0.15, -0.1) is 11.3 Å². The number of nitrogens with zero attached hydrogens (tertiary/aromatic N) is 2. The lowest BCUT2D eigenvalue weighted by Crippen LogP contribution is -2.46. The number of fused-ring (bicyclic) bond motifs is 2. The molecule has 0 unspecified atom stereocenters. The van der Waals surface area contributed by atoms with Gasteiger partial charge in [0.2, 0.25) is 5.91 Å². The van der Waals surface area contributed by atoms with Gasteiger partial charge in [0.05, 0.1) is 11.1 Å². The van der Waals surface area contributed by atoms with Crippen molar-refractivity contribution in [2.75, 3.05) is 49.5 Å². The molecule has 0 saturated carbocycles. The molecule has 1 saturated heterocycles. The van der Waals surface area contributed by atoms with E-state index in [2.05, 4.69) is 68.3 Å². The Hall–Kier alpha value is -2.09. The maximum Gasteiger partial charge on any atom is 0.224 e. The van der Waals surface area contributed by atoms with Crippen molar-refractivity contribution in [2.45, 2.75) is 32.6 Å². The predicted molar refractivity (Wildman–Crippen MR) is 141 cm³/mol. The molecule has 0 aliphatic carbocycles. The van der Waals surface area contributed by atoms with E-state index < -0.39 is 0 Å². The molecular formula is C26H30BrN3O2S. The van der Waals surface area contributed by atoms with Crippen LogP contribution >= 0.6 is 27.3 Å². The molecule has 3 aromatic rings. The number of amides is 1. The van der Waals surface area contributed by atoms with Crippen LogP contribution in [-0.2, 0) is 11.2 Å². The lowest BCUT2D eigenvalue weighted by atomic mass is 10.0. The van der Waals surface area contributed by atoms with Crippen LogP contribution < -0.4 is 15.0 Å². The van der Waals surface area contributed by atoms with Crippen LogP contribution in [0, 0.1) is 6.92 Å². The molecule has 1 fully saturated rings. The number of aryl methyl sites for hydroxylation is 2. The van der Waals surface area contributed by atoms with Crippen LogP contribution in [0.25, 0.3) is 10.1 Å². The zero-order chi connectivity index (χ0) is 22.8. The first-order chi connectivity index (χ1) is 16.1. The highest BCUT2D eigenvalue weighted by atomic mass is 79.9. The Kier molecular flexibility index (Phi) is 6.90. The number of hydrogen-bond acceptors (Lipinski definition) is 5. The minimum Gasteiger partial charge on any atom is -0.492 e. The fourth-order valence-electron chi connectivity index (χ4n) is 4.77. The van der Waals surface area contributed by atoms with E-state index in [1.807, 2.05) is 17.4 Å².